The van der Waals surface area contributed by atoms with Gasteiger partial charge in [0.15, 0.2) is 0 Å². The van der Waals surface area contributed by atoms with Crippen LogP contribution in [-0.4, -0.2) is 0 Å². The molecule has 0 bridgehead atoms. The van der Waals surface area contributed by atoms with Gasteiger partial charge < -0.3 is 0 Å². The molecule has 0 heterocycles. The third-order valence-corrected chi connectivity index (χ3v) is 4.10. The molecule has 0 spiro atoms. The van der Waals surface area contributed by atoms with Gasteiger partial charge in [-0.1, -0.05) is 39.3 Å². The first kappa shape index (κ1) is 8.34. The van der Waals surface area contributed by atoms with E-state index in [9.17, 15) is 0 Å². The average Bonchev–Trinajstić information content (AvgIpc) is 2.47. The Morgan fingerprint density at radius 1 is 1.33 bits per heavy atom. The number of fused-ring (bicyclic) bond motifs is 1. The molecule has 68 valence electrons. The molecule has 0 aliphatic heterocycles. The van der Waals surface area contributed by atoms with Gasteiger partial charge in [-0.15, -0.1) is 0 Å². The van der Waals surface area contributed by atoms with E-state index in [2.05, 4.69) is 33.8 Å². The van der Waals surface area contributed by atoms with Crippen molar-refractivity contribution in [1.29, 1.82) is 0 Å². The van der Waals surface area contributed by atoms with Crippen LogP contribution in [0.25, 0.3) is 0 Å². The van der Waals surface area contributed by atoms with E-state index in [1.165, 1.54) is 6.42 Å². The monoisotopic (exact) mass is 164 g/mol. The highest BCUT2D eigenvalue weighted by molar-refractivity contribution is 5.28. The zero-order chi connectivity index (χ0) is 8.88. The van der Waals surface area contributed by atoms with Gasteiger partial charge in [0.2, 0.25) is 0 Å². The van der Waals surface area contributed by atoms with Crippen molar-refractivity contribution in [2.75, 3.05) is 0 Å². The smallest absolute Gasteiger partial charge is 0.0138 e. The van der Waals surface area contributed by atoms with E-state index in [1.54, 1.807) is 5.57 Å². The summed E-state index contributed by atoms with van der Waals surface area (Å²) in [7, 11) is 0. The van der Waals surface area contributed by atoms with Crippen LogP contribution < -0.4 is 0 Å². The lowest BCUT2D eigenvalue weighted by atomic mass is 9.87. The number of hydrogen-bond donors (Lipinski definition) is 0. The summed E-state index contributed by atoms with van der Waals surface area (Å²) in [5.41, 5.74) is 1.78. The third kappa shape index (κ3) is 1.04. The summed E-state index contributed by atoms with van der Waals surface area (Å²) in [6, 6.07) is 0. The van der Waals surface area contributed by atoms with Gasteiger partial charge in [-0.05, 0) is 36.0 Å². The number of hydrogen-bond acceptors (Lipinski definition) is 0. The second-order valence-corrected chi connectivity index (χ2v) is 5.02. The first-order chi connectivity index (χ1) is 5.63. The van der Waals surface area contributed by atoms with E-state index in [-0.39, 0.29) is 0 Å². The lowest BCUT2D eigenvalue weighted by Crippen LogP contribution is -2.08. The van der Waals surface area contributed by atoms with Crippen molar-refractivity contribution >= 4 is 0 Å². The summed E-state index contributed by atoms with van der Waals surface area (Å²) in [5.74, 6) is 4.68. The summed E-state index contributed by atoms with van der Waals surface area (Å²) in [5, 5.41) is 0. The van der Waals surface area contributed by atoms with Crippen molar-refractivity contribution in [1.82, 2.24) is 0 Å². The average molecular weight is 164 g/mol. The molecule has 0 nitrogen and oxygen atoms in total. The Labute approximate surface area is 76.1 Å². The molecule has 0 amide bonds. The van der Waals surface area contributed by atoms with Crippen molar-refractivity contribution in [3.8, 4) is 0 Å². The molecule has 4 atom stereocenters. The topological polar surface area (TPSA) is 0 Å². The zero-order valence-electron chi connectivity index (χ0n) is 8.67. The molecule has 0 heteroatoms. The fourth-order valence-corrected chi connectivity index (χ4v) is 2.74. The van der Waals surface area contributed by atoms with E-state index in [0.29, 0.717) is 0 Å². The quantitative estimate of drug-likeness (QED) is 0.548. The number of allylic oxidation sites excluding steroid dienone is 2. The molecule has 2 aliphatic rings. The largest absolute Gasteiger partial charge is 0.0844 e. The lowest BCUT2D eigenvalue weighted by Gasteiger charge is -2.18. The van der Waals surface area contributed by atoms with Gasteiger partial charge in [0.1, 0.15) is 0 Å². The van der Waals surface area contributed by atoms with Gasteiger partial charge in [-0.25, -0.2) is 0 Å². The minimum absolute atomic E-state index is 0.822. The Morgan fingerprint density at radius 3 is 2.42 bits per heavy atom. The number of rotatable bonds is 2. The van der Waals surface area contributed by atoms with E-state index in [4.69, 9.17) is 0 Å². The second-order valence-electron chi connectivity index (χ2n) is 5.02. The summed E-state index contributed by atoms with van der Waals surface area (Å²) >= 11 is 0. The maximum absolute atomic E-state index is 2.51. The van der Waals surface area contributed by atoms with Crippen LogP contribution in [0.3, 0.4) is 0 Å². The van der Waals surface area contributed by atoms with Crippen LogP contribution in [0.1, 0.15) is 34.1 Å². The van der Waals surface area contributed by atoms with Crippen LogP contribution in [0.2, 0.25) is 0 Å². The maximum atomic E-state index is 2.51. The molecule has 0 aromatic rings. The fourth-order valence-electron chi connectivity index (χ4n) is 2.74. The SMILES string of the molecule is CC(C)C(C)C1=CCC2C(C)C12. The van der Waals surface area contributed by atoms with Gasteiger partial charge in [0, 0.05) is 0 Å². The van der Waals surface area contributed by atoms with Gasteiger partial charge in [0.25, 0.3) is 0 Å². The molecular weight excluding hydrogens is 144 g/mol. The van der Waals surface area contributed by atoms with Gasteiger partial charge >= 0.3 is 0 Å². The van der Waals surface area contributed by atoms with Crippen molar-refractivity contribution < 1.29 is 0 Å². The molecule has 1 saturated carbocycles. The van der Waals surface area contributed by atoms with Crippen LogP contribution in [0, 0.1) is 29.6 Å². The molecule has 0 aromatic heterocycles. The highest BCUT2D eigenvalue weighted by atomic mass is 14.6. The summed E-state index contributed by atoms with van der Waals surface area (Å²) in [4.78, 5) is 0. The normalized spacial score (nSPS) is 41.1. The molecule has 2 aliphatic carbocycles. The van der Waals surface area contributed by atoms with Crippen molar-refractivity contribution in [2.24, 2.45) is 29.6 Å². The maximum Gasteiger partial charge on any atom is -0.0138 e. The van der Waals surface area contributed by atoms with Crippen molar-refractivity contribution in [3.63, 3.8) is 0 Å². The summed E-state index contributed by atoms with van der Waals surface area (Å²) in [6.07, 6.45) is 3.89. The van der Waals surface area contributed by atoms with E-state index >= 15 is 0 Å². The Kier molecular flexibility index (Phi) is 1.82. The van der Waals surface area contributed by atoms with Crippen molar-refractivity contribution in [3.05, 3.63) is 11.6 Å². The van der Waals surface area contributed by atoms with E-state index in [1.807, 2.05) is 0 Å². The van der Waals surface area contributed by atoms with Gasteiger partial charge in [-0.2, -0.15) is 0 Å². The standard InChI is InChI=1S/C12H20/c1-7(2)8(3)10-5-6-11-9(4)12(10)11/h5,7-9,11-12H,6H2,1-4H3. The Bertz CT molecular complexity index is 212. The molecule has 0 saturated heterocycles. The minimum atomic E-state index is 0.822. The van der Waals surface area contributed by atoms with E-state index < -0.39 is 0 Å². The molecule has 0 aromatic carbocycles. The highest BCUT2D eigenvalue weighted by Gasteiger charge is 2.51. The fraction of sp³-hybridized carbons (Fsp3) is 0.833. The highest BCUT2D eigenvalue weighted by Crippen LogP contribution is 2.59. The first-order valence-electron chi connectivity index (χ1n) is 5.33. The van der Waals surface area contributed by atoms with Crippen LogP contribution in [0.5, 0.6) is 0 Å². The Morgan fingerprint density at radius 2 is 2.00 bits per heavy atom. The third-order valence-electron chi connectivity index (χ3n) is 4.10. The Hall–Kier alpha value is -0.260. The van der Waals surface area contributed by atoms with Crippen molar-refractivity contribution in [2.45, 2.75) is 34.1 Å². The minimum Gasteiger partial charge on any atom is -0.0844 e. The first-order valence-corrected chi connectivity index (χ1v) is 5.33. The second kappa shape index (κ2) is 2.61. The molecule has 0 radical (unpaired) electrons. The van der Waals surface area contributed by atoms with Gasteiger partial charge in [0.05, 0.1) is 0 Å². The van der Waals surface area contributed by atoms with Crippen LogP contribution in [0.15, 0.2) is 11.6 Å². The van der Waals surface area contributed by atoms with Crippen LogP contribution in [-0.2, 0) is 0 Å². The van der Waals surface area contributed by atoms with E-state index in [0.717, 1.165) is 29.6 Å². The van der Waals surface area contributed by atoms with Crippen LogP contribution in [0.4, 0.5) is 0 Å². The molecular formula is C12H20. The summed E-state index contributed by atoms with van der Waals surface area (Å²) < 4.78 is 0. The Balaban J connectivity index is 2.06. The predicted octanol–water partition coefficient (Wildman–Crippen LogP) is 3.49. The van der Waals surface area contributed by atoms with Crippen LogP contribution >= 0.6 is 0 Å². The molecule has 12 heavy (non-hydrogen) atoms. The molecule has 1 fully saturated rings. The molecule has 0 N–H and O–H groups in total. The zero-order valence-corrected chi connectivity index (χ0v) is 8.67. The lowest BCUT2D eigenvalue weighted by molar-refractivity contribution is 0.459. The molecule has 4 unspecified atom stereocenters. The molecule has 2 rings (SSSR count). The van der Waals surface area contributed by atoms with Gasteiger partial charge in [-0.3, -0.25) is 0 Å². The predicted molar refractivity (Wildman–Crippen MR) is 52.8 cm³/mol. The summed E-state index contributed by atoms with van der Waals surface area (Å²) in [6.45, 7) is 9.48.